The first-order chi connectivity index (χ1) is 25.8. The van der Waals surface area contributed by atoms with Crippen molar-refractivity contribution in [1.29, 1.82) is 0 Å². The van der Waals surface area contributed by atoms with E-state index in [0.717, 1.165) is 84.4 Å². The number of para-hydroxylation sites is 4. The molecule has 244 valence electrons. The van der Waals surface area contributed by atoms with Crippen molar-refractivity contribution in [3.8, 4) is 61.8 Å². The highest BCUT2D eigenvalue weighted by atomic mass is 15.3. The standard InChI is InChI=1S/C46H30N6/c1-3-13-32(14-4-1)40-30-41(49-45(48-40)33-15-5-2-6-16-33)35-27-34(31-23-25-47-26-24-31)28-36(29-35)51-42-20-10-7-17-37(42)38-18-8-11-21-43(38)52-44-22-12-9-19-39(44)50-46(51)52/h1-30H. The van der Waals surface area contributed by atoms with Crippen molar-refractivity contribution < 1.29 is 0 Å². The lowest BCUT2D eigenvalue weighted by Crippen LogP contribution is -2.14. The normalized spacial score (nSPS) is 11.8. The summed E-state index contributed by atoms with van der Waals surface area (Å²) in [6, 6.07) is 58.9. The fourth-order valence-electron chi connectivity index (χ4n) is 7.22. The van der Waals surface area contributed by atoms with E-state index in [4.69, 9.17) is 15.0 Å². The van der Waals surface area contributed by atoms with Gasteiger partial charge in [0, 0.05) is 40.2 Å². The fraction of sp³-hybridized carbons (Fsp3) is 0. The van der Waals surface area contributed by atoms with Crippen LogP contribution in [-0.2, 0) is 0 Å². The Labute approximate surface area is 301 Å². The molecule has 0 amide bonds. The maximum absolute atomic E-state index is 5.33. The predicted molar refractivity (Wildman–Crippen MR) is 210 cm³/mol. The number of imidazole rings is 1. The highest BCUT2D eigenvalue weighted by Gasteiger charge is 2.29. The van der Waals surface area contributed by atoms with Crippen LogP contribution in [0.5, 0.6) is 0 Å². The van der Waals surface area contributed by atoms with Crippen LogP contribution in [0.15, 0.2) is 182 Å². The Morgan fingerprint density at radius 2 is 1.00 bits per heavy atom. The van der Waals surface area contributed by atoms with E-state index in [-0.39, 0.29) is 0 Å². The molecule has 6 heteroatoms. The van der Waals surface area contributed by atoms with E-state index >= 15 is 0 Å². The van der Waals surface area contributed by atoms with Crippen LogP contribution in [0.25, 0.3) is 72.9 Å². The van der Waals surface area contributed by atoms with Gasteiger partial charge in [0.05, 0.1) is 39.5 Å². The minimum absolute atomic E-state index is 0.671. The molecular weight excluding hydrogens is 637 g/mol. The van der Waals surface area contributed by atoms with Gasteiger partial charge in [-0.3, -0.25) is 14.5 Å². The van der Waals surface area contributed by atoms with Crippen LogP contribution in [0, 0.1) is 0 Å². The molecule has 0 saturated heterocycles. The SMILES string of the molecule is c1ccc(-c2cc(-c3cc(-c4ccncc4)cc(N4c5ccccc5-c5ccccc5-n5c4nc4ccccc45)c3)nc(-c3ccccc3)n2)cc1. The number of anilines is 3. The molecule has 3 aromatic heterocycles. The molecule has 0 N–H and O–H groups in total. The van der Waals surface area contributed by atoms with Gasteiger partial charge in [-0.1, -0.05) is 109 Å². The largest absolute Gasteiger partial charge is 0.280 e. The van der Waals surface area contributed by atoms with E-state index < -0.39 is 0 Å². The summed E-state index contributed by atoms with van der Waals surface area (Å²) in [4.78, 5) is 22.3. The molecule has 1 aliphatic heterocycles. The smallest absolute Gasteiger partial charge is 0.220 e. The van der Waals surface area contributed by atoms with E-state index in [1.807, 2.05) is 54.9 Å². The molecule has 0 saturated carbocycles. The Balaban J connectivity index is 1.27. The van der Waals surface area contributed by atoms with E-state index in [1.54, 1.807) is 0 Å². The monoisotopic (exact) mass is 666 g/mol. The molecule has 0 spiro atoms. The van der Waals surface area contributed by atoms with Crippen molar-refractivity contribution >= 4 is 28.4 Å². The van der Waals surface area contributed by atoms with Crippen molar-refractivity contribution in [3.05, 3.63) is 182 Å². The molecule has 0 aliphatic carbocycles. The van der Waals surface area contributed by atoms with Crippen LogP contribution >= 0.6 is 0 Å². The second-order valence-corrected chi connectivity index (χ2v) is 12.8. The zero-order chi connectivity index (χ0) is 34.4. The van der Waals surface area contributed by atoms with Crippen molar-refractivity contribution in [3.63, 3.8) is 0 Å². The summed E-state index contributed by atoms with van der Waals surface area (Å²) in [5.41, 5.74) is 14.1. The van der Waals surface area contributed by atoms with Gasteiger partial charge in [-0.25, -0.2) is 15.0 Å². The summed E-state index contributed by atoms with van der Waals surface area (Å²) in [6.45, 7) is 0. The number of nitrogens with zero attached hydrogens (tertiary/aromatic N) is 6. The summed E-state index contributed by atoms with van der Waals surface area (Å²) in [6.07, 6.45) is 3.68. The van der Waals surface area contributed by atoms with Gasteiger partial charge < -0.3 is 0 Å². The van der Waals surface area contributed by atoms with Crippen LogP contribution < -0.4 is 4.90 Å². The lowest BCUT2D eigenvalue weighted by Gasteiger charge is -2.26. The molecule has 10 rings (SSSR count). The summed E-state index contributed by atoms with van der Waals surface area (Å²) >= 11 is 0. The molecule has 0 fully saturated rings. The van der Waals surface area contributed by atoms with Crippen LogP contribution in [0.3, 0.4) is 0 Å². The average molecular weight is 667 g/mol. The molecule has 9 aromatic rings. The number of fused-ring (bicyclic) bond motifs is 7. The van der Waals surface area contributed by atoms with Gasteiger partial charge in [0.15, 0.2) is 5.82 Å². The fourth-order valence-corrected chi connectivity index (χ4v) is 7.22. The summed E-state index contributed by atoms with van der Waals surface area (Å²) in [7, 11) is 0. The van der Waals surface area contributed by atoms with Gasteiger partial charge in [-0.05, 0) is 71.8 Å². The zero-order valence-electron chi connectivity index (χ0n) is 28.0. The van der Waals surface area contributed by atoms with E-state index in [0.29, 0.717) is 5.82 Å². The average Bonchev–Trinajstić information content (AvgIpc) is 3.55. The van der Waals surface area contributed by atoms with Gasteiger partial charge in [-0.15, -0.1) is 0 Å². The quantitative estimate of drug-likeness (QED) is 0.183. The Morgan fingerprint density at radius 1 is 0.404 bits per heavy atom. The number of hydrogen-bond acceptors (Lipinski definition) is 5. The third kappa shape index (κ3) is 5.05. The number of pyridine rings is 1. The van der Waals surface area contributed by atoms with Gasteiger partial charge in [0.2, 0.25) is 5.95 Å². The van der Waals surface area contributed by atoms with Crippen LogP contribution in [-0.4, -0.2) is 24.5 Å². The van der Waals surface area contributed by atoms with Crippen LogP contribution in [0.1, 0.15) is 0 Å². The second-order valence-electron chi connectivity index (χ2n) is 12.8. The zero-order valence-corrected chi connectivity index (χ0v) is 28.0. The number of aromatic nitrogens is 5. The lowest BCUT2D eigenvalue weighted by atomic mass is 9.98. The Kier molecular flexibility index (Phi) is 7.03. The number of hydrogen-bond donors (Lipinski definition) is 0. The number of benzene rings is 6. The predicted octanol–water partition coefficient (Wildman–Crippen LogP) is 11.3. The first-order valence-electron chi connectivity index (χ1n) is 17.3. The molecule has 6 nitrogen and oxygen atoms in total. The van der Waals surface area contributed by atoms with Gasteiger partial charge >= 0.3 is 0 Å². The molecule has 4 heterocycles. The Hall–Kier alpha value is -7.18. The highest BCUT2D eigenvalue weighted by molar-refractivity contribution is 5.97. The maximum atomic E-state index is 5.33. The first kappa shape index (κ1) is 29.7. The lowest BCUT2D eigenvalue weighted by molar-refractivity contribution is 1.05. The van der Waals surface area contributed by atoms with E-state index in [2.05, 4.69) is 142 Å². The molecule has 6 aromatic carbocycles. The first-order valence-corrected chi connectivity index (χ1v) is 17.3. The molecule has 52 heavy (non-hydrogen) atoms. The maximum Gasteiger partial charge on any atom is 0.220 e. The third-order valence-corrected chi connectivity index (χ3v) is 9.64. The highest BCUT2D eigenvalue weighted by Crippen LogP contribution is 2.48. The molecule has 0 atom stereocenters. The minimum Gasteiger partial charge on any atom is -0.280 e. The Morgan fingerprint density at radius 3 is 1.77 bits per heavy atom. The summed E-state index contributed by atoms with van der Waals surface area (Å²) in [5, 5.41) is 0. The Bertz CT molecular complexity index is 2680. The molecule has 0 radical (unpaired) electrons. The van der Waals surface area contributed by atoms with Gasteiger partial charge in [0.1, 0.15) is 0 Å². The number of rotatable bonds is 5. The van der Waals surface area contributed by atoms with Crippen LogP contribution in [0.2, 0.25) is 0 Å². The van der Waals surface area contributed by atoms with Crippen molar-refractivity contribution in [1.82, 2.24) is 24.5 Å². The molecular formula is C46H30N6. The summed E-state index contributed by atoms with van der Waals surface area (Å²) in [5.74, 6) is 1.49. The molecule has 0 bridgehead atoms. The topological polar surface area (TPSA) is 59.7 Å². The van der Waals surface area contributed by atoms with E-state index in [1.165, 1.54) is 0 Å². The second kappa shape index (κ2) is 12.3. The van der Waals surface area contributed by atoms with Gasteiger partial charge in [0.25, 0.3) is 0 Å². The summed E-state index contributed by atoms with van der Waals surface area (Å²) < 4.78 is 2.29. The van der Waals surface area contributed by atoms with Crippen molar-refractivity contribution in [2.45, 2.75) is 0 Å². The molecule has 1 aliphatic rings. The minimum atomic E-state index is 0.671. The van der Waals surface area contributed by atoms with Crippen molar-refractivity contribution in [2.24, 2.45) is 0 Å². The van der Waals surface area contributed by atoms with Crippen LogP contribution in [0.4, 0.5) is 17.3 Å². The van der Waals surface area contributed by atoms with Crippen molar-refractivity contribution in [2.75, 3.05) is 4.90 Å². The van der Waals surface area contributed by atoms with Gasteiger partial charge in [-0.2, -0.15) is 0 Å². The molecule has 0 unspecified atom stereocenters. The van der Waals surface area contributed by atoms with E-state index in [9.17, 15) is 0 Å². The third-order valence-electron chi connectivity index (χ3n) is 9.64.